The summed E-state index contributed by atoms with van der Waals surface area (Å²) in [6, 6.07) is 14.8. The molecule has 29 heavy (non-hydrogen) atoms. The van der Waals surface area contributed by atoms with Crippen LogP contribution in [0.25, 0.3) is 11.1 Å². The molecular weight excluding hydrogens is 396 g/mol. The first-order chi connectivity index (χ1) is 14.0. The molecule has 2 aliphatic rings. The van der Waals surface area contributed by atoms with Crippen LogP contribution in [-0.4, -0.2) is 41.1 Å². The Morgan fingerprint density at radius 2 is 1.79 bits per heavy atom. The first kappa shape index (κ1) is 19.3. The Balaban J connectivity index is 1.39. The third kappa shape index (κ3) is 4.05. The molecule has 2 aromatic carbocycles. The summed E-state index contributed by atoms with van der Waals surface area (Å²) >= 11 is 5.75. The second-order valence-electron chi connectivity index (χ2n) is 7.00. The monoisotopic (exact) mass is 414 g/mol. The van der Waals surface area contributed by atoms with Crippen LogP contribution in [0.5, 0.6) is 0 Å². The van der Waals surface area contributed by atoms with E-state index < -0.39 is 24.2 Å². The van der Waals surface area contributed by atoms with Crippen LogP contribution in [-0.2, 0) is 14.4 Å². The average Bonchev–Trinajstić information content (AvgIpc) is 3.27. The van der Waals surface area contributed by atoms with E-state index in [9.17, 15) is 14.7 Å². The number of hydrogen-bond donors (Lipinski definition) is 2. The van der Waals surface area contributed by atoms with Crippen LogP contribution >= 0.6 is 11.6 Å². The summed E-state index contributed by atoms with van der Waals surface area (Å²) in [4.78, 5) is 28.8. The van der Waals surface area contributed by atoms with Gasteiger partial charge in [-0.05, 0) is 22.3 Å². The van der Waals surface area contributed by atoms with E-state index in [1.54, 1.807) is 0 Å². The van der Waals surface area contributed by atoms with Crippen LogP contribution < -0.4 is 5.32 Å². The second kappa shape index (κ2) is 8.13. The van der Waals surface area contributed by atoms with Crippen molar-refractivity contribution in [3.8, 4) is 11.1 Å². The highest BCUT2D eigenvalue weighted by Gasteiger charge is 2.31. The van der Waals surface area contributed by atoms with Crippen LogP contribution in [0.2, 0.25) is 0 Å². The molecule has 7 nitrogen and oxygen atoms in total. The lowest BCUT2D eigenvalue weighted by atomic mass is 9.98. The number of oxime groups is 1. The van der Waals surface area contributed by atoms with Gasteiger partial charge in [0.1, 0.15) is 23.9 Å². The number of carbonyl (C=O) groups is 2. The zero-order valence-electron chi connectivity index (χ0n) is 15.4. The molecular formula is C21H19ClN2O5. The van der Waals surface area contributed by atoms with Crippen molar-refractivity contribution in [3.05, 3.63) is 59.7 Å². The largest absolute Gasteiger partial charge is 0.480 e. The van der Waals surface area contributed by atoms with Gasteiger partial charge in [0.2, 0.25) is 0 Å². The number of carbonyl (C=O) groups excluding carboxylic acids is 1. The average molecular weight is 415 g/mol. The third-order valence-electron chi connectivity index (χ3n) is 5.13. The van der Waals surface area contributed by atoms with Gasteiger partial charge in [-0.15, -0.1) is 0 Å². The molecule has 8 heteroatoms. The van der Waals surface area contributed by atoms with Gasteiger partial charge < -0.3 is 20.0 Å². The summed E-state index contributed by atoms with van der Waals surface area (Å²) in [6.07, 6.45) is -0.918. The van der Waals surface area contributed by atoms with Gasteiger partial charge in [-0.2, -0.15) is 0 Å². The predicted octanol–water partition coefficient (Wildman–Crippen LogP) is 3.71. The molecule has 4 rings (SSSR count). The van der Waals surface area contributed by atoms with E-state index >= 15 is 0 Å². The van der Waals surface area contributed by atoms with Gasteiger partial charge in [-0.25, -0.2) is 9.59 Å². The van der Waals surface area contributed by atoms with Crippen LogP contribution in [0.1, 0.15) is 29.9 Å². The molecule has 1 heterocycles. The SMILES string of the molecule is O=C(N[C@H](C[C@H]1CC(Cl)=NO1)C(=O)O)OCC1c2ccccc2-c2ccccc21. The topological polar surface area (TPSA) is 97.2 Å². The Bertz CT molecular complexity index is 932. The van der Waals surface area contributed by atoms with Crippen molar-refractivity contribution in [1.82, 2.24) is 5.32 Å². The number of hydrogen-bond acceptors (Lipinski definition) is 5. The van der Waals surface area contributed by atoms with Crippen molar-refractivity contribution < 1.29 is 24.3 Å². The predicted molar refractivity (Wildman–Crippen MR) is 107 cm³/mol. The first-order valence-electron chi connectivity index (χ1n) is 9.25. The number of benzene rings is 2. The number of carboxylic acids is 1. The van der Waals surface area contributed by atoms with Crippen molar-refractivity contribution in [2.24, 2.45) is 5.16 Å². The minimum atomic E-state index is -1.18. The number of halogens is 1. The molecule has 2 N–H and O–H groups in total. The van der Waals surface area contributed by atoms with Crippen molar-refractivity contribution in [3.63, 3.8) is 0 Å². The molecule has 0 aromatic heterocycles. The quantitative estimate of drug-likeness (QED) is 0.751. The minimum Gasteiger partial charge on any atom is -0.480 e. The lowest BCUT2D eigenvalue weighted by molar-refractivity contribution is -0.140. The molecule has 0 saturated carbocycles. The molecule has 0 saturated heterocycles. The molecule has 2 aromatic rings. The summed E-state index contributed by atoms with van der Waals surface area (Å²) in [7, 11) is 0. The zero-order valence-corrected chi connectivity index (χ0v) is 16.1. The highest BCUT2D eigenvalue weighted by atomic mass is 35.5. The smallest absolute Gasteiger partial charge is 0.407 e. The Morgan fingerprint density at radius 3 is 2.34 bits per heavy atom. The van der Waals surface area contributed by atoms with Crippen LogP contribution in [0.15, 0.2) is 53.7 Å². The van der Waals surface area contributed by atoms with E-state index in [4.69, 9.17) is 21.2 Å². The van der Waals surface area contributed by atoms with Crippen molar-refractivity contribution in [2.75, 3.05) is 6.61 Å². The number of alkyl carbamates (subject to hydrolysis) is 1. The summed E-state index contributed by atoms with van der Waals surface area (Å²) in [5.74, 6) is -1.27. The van der Waals surface area contributed by atoms with Gasteiger partial charge in [0.25, 0.3) is 0 Å². The maximum Gasteiger partial charge on any atom is 0.407 e. The summed E-state index contributed by atoms with van der Waals surface area (Å²) < 4.78 is 5.40. The first-order valence-corrected chi connectivity index (χ1v) is 9.63. The van der Waals surface area contributed by atoms with E-state index in [1.807, 2.05) is 48.5 Å². The van der Waals surface area contributed by atoms with E-state index in [0.717, 1.165) is 22.3 Å². The molecule has 0 fully saturated rings. The van der Waals surface area contributed by atoms with Gasteiger partial charge >= 0.3 is 12.1 Å². The maximum atomic E-state index is 12.3. The number of amides is 1. The standard InChI is InChI=1S/C21H19ClN2O5/c22-19-10-12(29-24-19)9-18(20(25)26)23-21(27)28-11-17-15-7-3-1-5-13(15)14-6-2-4-8-16(14)17/h1-8,12,17-18H,9-11H2,(H,23,27)(H,25,26)/t12-,18+/m0/s1. The molecule has 2 atom stereocenters. The van der Waals surface area contributed by atoms with Crippen LogP contribution in [0.3, 0.4) is 0 Å². The fourth-order valence-electron chi connectivity index (χ4n) is 3.79. The Hall–Kier alpha value is -3.06. The Morgan fingerprint density at radius 1 is 1.17 bits per heavy atom. The van der Waals surface area contributed by atoms with E-state index in [2.05, 4.69) is 10.5 Å². The van der Waals surface area contributed by atoms with Gasteiger partial charge in [0.05, 0.1) is 0 Å². The highest BCUT2D eigenvalue weighted by Crippen LogP contribution is 2.44. The lowest BCUT2D eigenvalue weighted by Gasteiger charge is -2.18. The molecule has 0 unspecified atom stereocenters. The Labute approximate surface area is 172 Å². The van der Waals surface area contributed by atoms with Crippen molar-refractivity contribution >= 4 is 28.8 Å². The molecule has 1 amide bonds. The van der Waals surface area contributed by atoms with E-state index in [1.165, 1.54) is 0 Å². The highest BCUT2D eigenvalue weighted by molar-refractivity contribution is 6.65. The van der Waals surface area contributed by atoms with Gasteiger partial charge in [-0.1, -0.05) is 65.3 Å². The van der Waals surface area contributed by atoms with Gasteiger partial charge in [-0.3, -0.25) is 0 Å². The zero-order chi connectivity index (χ0) is 20.4. The second-order valence-corrected chi connectivity index (χ2v) is 7.43. The molecule has 1 aliphatic heterocycles. The summed E-state index contributed by atoms with van der Waals surface area (Å²) in [5, 5.41) is 15.7. The number of fused-ring (bicyclic) bond motifs is 3. The molecule has 0 bridgehead atoms. The van der Waals surface area contributed by atoms with Crippen molar-refractivity contribution in [1.29, 1.82) is 0 Å². The number of carboxylic acid groups (broad SMARTS) is 1. The number of aliphatic carboxylic acids is 1. The van der Waals surface area contributed by atoms with Crippen molar-refractivity contribution in [2.45, 2.75) is 30.9 Å². The summed E-state index contributed by atoms with van der Waals surface area (Å²) in [6.45, 7) is 0.112. The van der Waals surface area contributed by atoms with Crippen LogP contribution in [0, 0.1) is 0 Å². The Kier molecular flexibility index (Phi) is 5.40. The number of nitrogens with zero attached hydrogens (tertiary/aromatic N) is 1. The normalized spacial score (nSPS) is 18.2. The number of ether oxygens (including phenoxy) is 1. The number of rotatable bonds is 6. The molecule has 0 radical (unpaired) electrons. The van der Waals surface area contributed by atoms with Gasteiger partial charge in [0, 0.05) is 18.8 Å². The third-order valence-corrected chi connectivity index (χ3v) is 5.35. The molecule has 0 spiro atoms. The van der Waals surface area contributed by atoms with Gasteiger partial charge in [0.15, 0.2) is 0 Å². The fraction of sp³-hybridized carbons (Fsp3) is 0.286. The van der Waals surface area contributed by atoms with E-state index in [-0.39, 0.29) is 24.1 Å². The minimum absolute atomic E-state index is 0.0409. The lowest BCUT2D eigenvalue weighted by Crippen LogP contribution is -2.43. The fourth-order valence-corrected chi connectivity index (χ4v) is 4.00. The molecule has 150 valence electrons. The van der Waals surface area contributed by atoms with Crippen LogP contribution in [0.4, 0.5) is 4.79 Å². The summed E-state index contributed by atoms with van der Waals surface area (Å²) in [5.41, 5.74) is 4.41. The number of nitrogens with one attached hydrogen (secondary N) is 1. The van der Waals surface area contributed by atoms with E-state index in [0.29, 0.717) is 6.42 Å². The molecule has 1 aliphatic carbocycles. The maximum absolute atomic E-state index is 12.3.